The van der Waals surface area contributed by atoms with Crippen LogP contribution in [0.4, 0.5) is 0 Å². The number of nitrogens with one attached hydrogen (secondary N) is 1. The Balaban J connectivity index is 3.05. The molecule has 19 heavy (non-hydrogen) atoms. The molecule has 0 aromatic rings. The SMILES string of the molecule is COCC(C(C)C)N1C(=O)C(C(C)C)NC(=O)C1C. The maximum atomic E-state index is 12.6. The van der Waals surface area contributed by atoms with Gasteiger partial charge in [0.2, 0.25) is 11.8 Å². The molecule has 1 N–H and O–H groups in total. The lowest BCUT2D eigenvalue weighted by atomic mass is 9.93. The van der Waals surface area contributed by atoms with E-state index in [2.05, 4.69) is 5.32 Å². The zero-order valence-corrected chi connectivity index (χ0v) is 12.8. The van der Waals surface area contributed by atoms with Crippen LogP contribution in [-0.4, -0.2) is 48.6 Å². The number of rotatable bonds is 5. The van der Waals surface area contributed by atoms with E-state index in [4.69, 9.17) is 4.74 Å². The van der Waals surface area contributed by atoms with E-state index in [0.717, 1.165) is 0 Å². The minimum atomic E-state index is -0.440. The zero-order chi connectivity index (χ0) is 14.7. The van der Waals surface area contributed by atoms with Gasteiger partial charge in [-0.3, -0.25) is 9.59 Å². The van der Waals surface area contributed by atoms with Crippen molar-refractivity contribution in [3.63, 3.8) is 0 Å². The van der Waals surface area contributed by atoms with E-state index in [-0.39, 0.29) is 29.7 Å². The van der Waals surface area contributed by atoms with Gasteiger partial charge in [0.1, 0.15) is 12.1 Å². The quantitative estimate of drug-likeness (QED) is 0.811. The lowest BCUT2D eigenvalue weighted by Gasteiger charge is -2.44. The molecule has 5 nitrogen and oxygen atoms in total. The van der Waals surface area contributed by atoms with E-state index in [1.165, 1.54) is 0 Å². The Morgan fingerprint density at radius 3 is 2.26 bits per heavy atom. The van der Waals surface area contributed by atoms with Gasteiger partial charge < -0.3 is 15.0 Å². The fourth-order valence-electron chi connectivity index (χ4n) is 2.48. The van der Waals surface area contributed by atoms with Crippen molar-refractivity contribution in [2.75, 3.05) is 13.7 Å². The molecular formula is C14H26N2O3. The number of hydrogen-bond donors (Lipinski definition) is 1. The summed E-state index contributed by atoms with van der Waals surface area (Å²) in [4.78, 5) is 26.4. The first-order chi connectivity index (χ1) is 8.81. The van der Waals surface area contributed by atoms with Crippen molar-refractivity contribution in [3.8, 4) is 0 Å². The predicted molar refractivity (Wildman–Crippen MR) is 73.6 cm³/mol. The number of ether oxygens (including phenoxy) is 1. The summed E-state index contributed by atoms with van der Waals surface area (Å²) in [7, 11) is 1.62. The van der Waals surface area contributed by atoms with E-state index >= 15 is 0 Å². The van der Waals surface area contributed by atoms with Crippen LogP contribution in [0, 0.1) is 11.8 Å². The molecule has 2 amide bonds. The van der Waals surface area contributed by atoms with E-state index in [1.54, 1.807) is 18.9 Å². The topological polar surface area (TPSA) is 58.6 Å². The Bertz CT molecular complexity index is 342. The summed E-state index contributed by atoms with van der Waals surface area (Å²) >= 11 is 0. The summed E-state index contributed by atoms with van der Waals surface area (Å²) in [5.41, 5.74) is 0. The molecule has 1 heterocycles. The third-order valence-corrected chi connectivity index (χ3v) is 3.75. The highest BCUT2D eigenvalue weighted by Crippen LogP contribution is 2.22. The molecule has 5 heteroatoms. The van der Waals surface area contributed by atoms with Gasteiger partial charge in [0.15, 0.2) is 0 Å². The van der Waals surface area contributed by atoms with E-state index in [1.807, 2.05) is 27.7 Å². The second kappa shape index (κ2) is 6.37. The van der Waals surface area contributed by atoms with Crippen molar-refractivity contribution in [1.82, 2.24) is 10.2 Å². The van der Waals surface area contributed by atoms with Gasteiger partial charge in [-0.25, -0.2) is 0 Å². The fraction of sp³-hybridized carbons (Fsp3) is 0.857. The molecule has 110 valence electrons. The van der Waals surface area contributed by atoms with Gasteiger partial charge in [-0.05, 0) is 18.8 Å². The summed E-state index contributed by atoms with van der Waals surface area (Å²) in [6.07, 6.45) is 0. The molecule has 0 bridgehead atoms. The molecule has 1 rings (SSSR count). The fourth-order valence-corrected chi connectivity index (χ4v) is 2.48. The average molecular weight is 270 g/mol. The maximum absolute atomic E-state index is 12.6. The number of carbonyl (C=O) groups excluding carboxylic acids is 2. The summed E-state index contributed by atoms with van der Waals surface area (Å²) in [6, 6.07) is -0.938. The van der Waals surface area contributed by atoms with Gasteiger partial charge in [-0.2, -0.15) is 0 Å². The van der Waals surface area contributed by atoms with Crippen LogP contribution < -0.4 is 5.32 Å². The number of carbonyl (C=O) groups is 2. The molecule has 0 spiro atoms. The van der Waals surface area contributed by atoms with E-state index < -0.39 is 12.1 Å². The molecule has 0 aliphatic carbocycles. The van der Waals surface area contributed by atoms with Crippen LogP contribution in [0.5, 0.6) is 0 Å². The lowest BCUT2D eigenvalue weighted by molar-refractivity contribution is -0.155. The highest BCUT2D eigenvalue weighted by molar-refractivity contribution is 5.97. The first kappa shape index (κ1) is 16.0. The largest absolute Gasteiger partial charge is 0.383 e. The van der Waals surface area contributed by atoms with Crippen LogP contribution in [0.2, 0.25) is 0 Å². The summed E-state index contributed by atoms with van der Waals surface area (Å²) in [5, 5.41) is 2.81. The number of nitrogens with zero attached hydrogens (tertiary/aromatic N) is 1. The molecule has 0 aromatic carbocycles. The van der Waals surface area contributed by atoms with E-state index in [9.17, 15) is 9.59 Å². The van der Waals surface area contributed by atoms with Crippen LogP contribution in [0.15, 0.2) is 0 Å². The molecule has 3 atom stereocenters. The lowest BCUT2D eigenvalue weighted by Crippen LogP contribution is -2.67. The first-order valence-electron chi connectivity index (χ1n) is 6.92. The normalized spacial score (nSPS) is 26.0. The van der Waals surface area contributed by atoms with Gasteiger partial charge >= 0.3 is 0 Å². The van der Waals surface area contributed by atoms with Gasteiger partial charge in [0.25, 0.3) is 0 Å². The molecular weight excluding hydrogens is 244 g/mol. The first-order valence-corrected chi connectivity index (χ1v) is 6.92. The summed E-state index contributed by atoms with van der Waals surface area (Å²) < 4.78 is 5.22. The van der Waals surface area contributed by atoms with Crippen molar-refractivity contribution in [3.05, 3.63) is 0 Å². The molecule has 0 aromatic heterocycles. The predicted octanol–water partition coefficient (Wildman–Crippen LogP) is 1.03. The van der Waals surface area contributed by atoms with Crippen LogP contribution in [0.1, 0.15) is 34.6 Å². The Hall–Kier alpha value is -1.10. The van der Waals surface area contributed by atoms with Crippen LogP contribution in [0.25, 0.3) is 0 Å². The molecule has 3 unspecified atom stereocenters. The third-order valence-electron chi connectivity index (χ3n) is 3.75. The Kier molecular flexibility index (Phi) is 5.35. The van der Waals surface area contributed by atoms with Crippen molar-refractivity contribution in [2.45, 2.75) is 52.7 Å². The monoisotopic (exact) mass is 270 g/mol. The van der Waals surface area contributed by atoms with E-state index in [0.29, 0.717) is 6.61 Å². The Morgan fingerprint density at radius 2 is 1.84 bits per heavy atom. The molecule has 1 aliphatic rings. The number of hydrogen-bond acceptors (Lipinski definition) is 3. The Labute approximate surface area is 115 Å². The number of methoxy groups -OCH3 is 1. The van der Waals surface area contributed by atoms with Gasteiger partial charge in [0, 0.05) is 7.11 Å². The molecule has 1 fully saturated rings. The third kappa shape index (κ3) is 3.26. The number of amides is 2. The standard InChI is InChI=1S/C14H26N2O3/c1-8(2)11(7-19-6)16-10(5)13(17)15-12(9(3)4)14(16)18/h8-12H,7H2,1-6H3,(H,15,17). The van der Waals surface area contributed by atoms with Crippen molar-refractivity contribution < 1.29 is 14.3 Å². The highest BCUT2D eigenvalue weighted by atomic mass is 16.5. The second-order valence-corrected chi connectivity index (χ2v) is 5.92. The highest BCUT2D eigenvalue weighted by Gasteiger charge is 2.43. The van der Waals surface area contributed by atoms with Crippen molar-refractivity contribution in [2.24, 2.45) is 11.8 Å². The minimum Gasteiger partial charge on any atom is -0.383 e. The van der Waals surface area contributed by atoms with Crippen LogP contribution >= 0.6 is 0 Å². The van der Waals surface area contributed by atoms with Crippen molar-refractivity contribution >= 4 is 11.8 Å². The van der Waals surface area contributed by atoms with Gasteiger partial charge in [-0.15, -0.1) is 0 Å². The van der Waals surface area contributed by atoms with Crippen molar-refractivity contribution in [1.29, 1.82) is 0 Å². The number of piperazine rings is 1. The van der Waals surface area contributed by atoms with Crippen LogP contribution in [-0.2, 0) is 14.3 Å². The Morgan fingerprint density at radius 1 is 1.26 bits per heavy atom. The molecule has 1 saturated heterocycles. The zero-order valence-electron chi connectivity index (χ0n) is 12.8. The summed E-state index contributed by atoms with van der Waals surface area (Å²) in [6.45, 7) is 10.2. The molecule has 0 radical (unpaired) electrons. The second-order valence-electron chi connectivity index (χ2n) is 5.92. The average Bonchev–Trinajstić information content (AvgIpc) is 2.32. The molecule has 0 saturated carbocycles. The van der Waals surface area contributed by atoms with Gasteiger partial charge in [0.05, 0.1) is 12.6 Å². The molecule has 1 aliphatic heterocycles. The van der Waals surface area contributed by atoms with Crippen LogP contribution in [0.3, 0.4) is 0 Å². The summed E-state index contributed by atoms with van der Waals surface area (Å²) in [5.74, 6) is 0.241. The van der Waals surface area contributed by atoms with Gasteiger partial charge in [-0.1, -0.05) is 27.7 Å². The minimum absolute atomic E-state index is 0.00199. The smallest absolute Gasteiger partial charge is 0.246 e. The maximum Gasteiger partial charge on any atom is 0.246 e.